The smallest absolute Gasteiger partial charge is 0.250 e. The van der Waals surface area contributed by atoms with Gasteiger partial charge in [-0.05, 0) is 37.6 Å². The summed E-state index contributed by atoms with van der Waals surface area (Å²) in [5.41, 5.74) is 9.22. The molecule has 1 aromatic rings. The Morgan fingerprint density at radius 1 is 1.50 bits per heavy atom. The number of aryl methyl sites for hydroxylation is 1. The maximum atomic E-state index is 11.3. The molecule has 1 amide bonds. The Labute approximate surface area is 107 Å². The standard InChI is InChI=1S/C14H19N3O/c1-10-2-3-12(14(15)18)13(8-10)17-9-11-4-6-16-7-5-11/h2-4,8,16-17H,5-7,9H2,1H3,(H2,15,18). The van der Waals surface area contributed by atoms with Crippen LogP contribution in [0.2, 0.25) is 0 Å². The van der Waals surface area contributed by atoms with Crippen LogP contribution in [0, 0.1) is 6.92 Å². The monoisotopic (exact) mass is 245 g/mol. The predicted molar refractivity (Wildman–Crippen MR) is 73.8 cm³/mol. The van der Waals surface area contributed by atoms with Crippen LogP contribution in [0.1, 0.15) is 22.3 Å². The largest absolute Gasteiger partial charge is 0.381 e. The van der Waals surface area contributed by atoms with Crippen molar-refractivity contribution in [2.45, 2.75) is 13.3 Å². The fraction of sp³-hybridized carbons (Fsp3) is 0.357. The lowest BCUT2D eigenvalue weighted by Gasteiger charge is -2.16. The van der Waals surface area contributed by atoms with Gasteiger partial charge in [0.1, 0.15) is 0 Å². The molecule has 0 aliphatic carbocycles. The third-order valence-electron chi connectivity index (χ3n) is 3.10. The highest BCUT2D eigenvalue weighted by atomic mass is 16.1. The van der Waals surface area contributed by atoms with Crippen molar-refractivity contribution in [3.8, 4) is 0 Å². The van der Waals surface area contributed by atoms with Gasteiger partial charge in [0, 0.05) is 18.8 Å². The first-order valence-corrected chi connectivity index (χ1v) is 6.20. The molecule has 0 fully saturated rings. The van der Waals surface area contributed by atoms with E-state index in [-0.39, 0.29) is 0 Å². The summed E-state index contributed by atoms with van der Waals surface area (Å²) in [4.78, 5) is 11.3. The van der Waals surface area contributed by atoms with Crippen LogP contribution in [0.3, 0.4) is 0 Å². The van der Waals surface area contributed by atoms with Gasteiger partial charge < -0.3 is 16.4 Å². The highest BCUT2D eigenvalue weighted by Gasteiger charge is 2.09. The molecule has 4 N–H and O–H groups in total. The Morgan fingerprint density at radius 3 is 3.00 bits per heavy atom. The highest BCUT2D eigenvalue weighted by molar-refractivity contribution is 5.98. The van der Waals surface area contributed by atoms with Gasteiger partial charge in [0.25, 0.3) is 5.91 Å². The van der Waals surface area contributed by atoms with Gasteiger partial charge in [-0.25, -0.2) is 0 Å². The number of carbonyl (C=O) groups is 1. The summed E-state index contributed by atoms with van der Waals surface area (Å²) in [6.07, 6.45) is 3.24. The molecule has 0 bridgehead atoms. The van der Waals surface area contributed by atoms with Crippen molar-refractivity contribution >= 4 is 11.6 Å². The van der Waals surface area contributed by atoms with Gasteiger partial charge in [-0.1, -0.05) is 17.7 Å². The fourth-order valence-corrected chi connectivity index (χ4v) is 2.06. The number of amides is 1. The number of hydrogen-bond acceptors (Lipinski definition) is 3. The zero-order valence-electron chi connectivity index (χ0n) is 10.6. The van der Waals surface area contributed by atoms with Gasteiger partial charge in [-0.3, -0.25) is 4.79 Å². The fourth-order valence-electron chi connectivity index (χ4n) is 2.06. The number of rotatable bonds is 4. The third kappa shape index (κ3) is 3.11. The second-order valence-corrected chi connectivity index (χ2v) is 4.58. The topological polar surface area (TPSA) is 67.2 Å². The molecule has 0 saturated heterocycles. The van der Waals surface area contributed by atoms with Gasteiger partial charge in [-0.2, -0.15) is 0 Å². The second kappa shape index (κ2) is 5.69. The van der Waals surface area contributed by atoms with Gasteiger partial charge in [0.05, 0.1) is 5.56 Å². The maximum Gasteiger partial charge on any atom is 0.250 e. The van der Waals surface area contributed by atoms with Crippen LogP contribution in [0.5, 0.6) is 0 Å². The van der Waals surface area contributed by atoms with E-state index in [1.165, 1.54) is 5.57 Å². The first-order chi connectivity index (χ1) is 8.66. The lowest BCUT2D eigenvalue weighted by molar-refractivity contribution is 0.100. The van der Waals surface area contributed by atoms with Crippen LogP contribution in [0.15, 0.2) is 29.8 Å². The molecule has 0 atom stereocenters. The molecule has 0 saturated carbocycles. The molecule has 0 radical (unpaired) electrons. The van der Waals surface area contributed by atoms with Crippen LogP contribution < -0.4 is 16.4 Å². The van der Waals surface area contributed by atoms with Crippen molar-refractivity contribution in [1.29, 1.82) is 0 Å². The van der Waals surface area contributed by atoms with Gasteiger partial charge in [0.15, 0.2) is 0 Å². The lowest BCUT2D eigenvalue weighted by Crippen LogP contribution is -2.23. The molecule has 1 aliphatic rings. The van der Waals surface area contributed by atoms with Crippen molar-refractivity contribution in [3.63, 3.8) is 0 Å². The maximum absolute atomic E-state index is 11.3. The molecule has 0 spiro atoms. The molecule has 18 heavy (non-hydrogen) atoms. The van der Waals surface area contributed by atoms with Crippen molar-refractivity contribution < 1.29 is 4.79 Å². The van der Waals surface area contributed by atoms with Gasteiger partial charge >= 0.3 is 0 Å². The molecule has 1 heterocycles. The van der Waals surface area contributed by atoms with Crippen molar-refractivity contribution in [3.05, 3.63) is 41.0 Å². The van der Waals surface area contributed by atoms with Crippen molar-refractivity contribution in [2.75, 3.05) is 25.0 Å². The zero-order valence-corrected chi connectivity index (χ0v) is 10.6. The summed E-state index contributed by atoms with van der Waals surface area (Å²) in [6, 6.07) is 5.63. The number of nitrogens with two attached hydrogens (primary N) is 1. The number of carbonyl (C=O) groups excluding carboxylic acids is 1. The Hall–Kier alpha value is -1.81. The van der Waals surface area contributed by atoms with E-state index in [0.29, 0.717) is 5.56 Å². The molecule has 2 rings (SSSR count). The molecular weight excluding hydrogens is 226 g/mol. The third-order valence-corrected chi connectivity index (χ3v) is 3.10. The van der Waals surface area contributed by atoms with Crippen LogP contribution in [0.4, 0.5) is 5.69 Å². The molecule has 96 valence electrons. The first kappa shape index (κ1) is 12.6. The zero-order chi connectivity index (χ0) is 13.0. The predicted octanol–water partition coefficient (Wildman–Crippen LogP) is 1.43. The summed E-state index contributed by atoms with van der Waals surface area (Å²) >= 11 is 0. The van der Waals surface area contributed by atoms with E-state index in [1.54, 1.807) is 6.07 Å². The average molecular weight is 245 g/mol. The Morgan fingerprint density at radius 2 is 2.33 bits per heavy atom. The summed E-state index contributed by atoms with van der Waals surface area (Å²) in [5.74, 6) is -0.392. The molecule has 0 unspecified atom stereocenters. The highest BCUT2D eigenvalue weighted by Crippen LogP contribution is 2.18. The van der Waals surface area contributed by atoms with E-state index in [4.69, 9.17) is 5.73 Å². The summed E-state index contributed by atoms with van der Waals surface area (Å²) in [5, 5.41) is 6.58. The molecule has 1 aromatic carbocycles. The van der Waals surface area contributed by atoms with Gasteiger partial charge in [0.2, 0.25) is 0 Å². The Bertz CT molecular complexity index is 480. The lowest BCUT2D eigenvalue weighted by atomic mass is 10.1. The molecule has 1 aliphatic heterocycles. The van der Waals surface area contributed by atoms with Crippen LogP contribution in [0.25, 0.3) is 0 Å². The van der Waals surface area contributed by atoms with Crippen LogP contribution in [-0.2, 0) is 0 Å². The average Bonchev–Trinajstić information content (AvgIpc) is 2.37. The Kier molecular flexibility index (Phi) is 3.99. The van der Waals surface area contributed by atoms with Crippen LogP contribution in [-0.4, -0.2) is 25.5 Å². The molecule has 4 nitrogen and oxygen atoms in total. The number of nitrogens with one attached hydrogen (secondary N) is 2. The van der Waals surface area contributed by atoms with E-state index in [9.17, 15) is 4.79 Å². The normalized spacial score (nSPS) is 15.1. The number of anilines is 1. The second-order valence-electron chi connectivity index (χ2n) is 4.58. The first-order valence-electron chi connectivity index (χ1n) is 6.20. The number of primary amides is 1. The molecule has 4 heteroatoms. The summed E-state index contributed by atoms with van der Waals surface area (Å²) in [7, 11) is 0. The SMILES string of the molecule is Cc1ccc(C(N)=O)c(NCC2=CCNCC2)c1. The quantitative estimate of drug-likeness (QED) is 0.703. The van der Waals surface area contributed by atoms with Crippen LogP contribution >= 0.6 is 0 Å². The summed E-state index contributed by atoms with van der Waals surface area (Å²) in [6.45, 7) is 4.71. The van der Waals surface area contributed by atoms with E-state index >= 15 is 0 Å². The molecule has 0 aromatic heterocycles. The van der Waals surface area contributed by atoms with E-state index in [1.807, 2.05) is 19.1 Å². The van der Waals surface area contributed by atoms with E-state index < -0.39 is 5.91 Å². The minimum atomic E-state index is -0.392. The number of hydrogen-bond donors (Lipinski definition) is 3. The van der Waals surface area contributed by atoms with Crippen molar-refractivity contribution in [1.82, 2.24) is 5.32 Å². The minimum Gasteiger partial charge on any atom is -0.381 e. The van der Waals surface area contributed by atoms with E-state index in [0.717, 1.165) is 37.3 Å². The van der Waals surface area contributed by atoms with Gasteiger partial charge in [-0.15, -0.1) is 0 Å². The Balaban J connectivity index is 2.10. The van der Waals surface area contributed by atoms with E-state index in [2.05, 4.69) is 16.7 Å². The molecular formula is C14H19N3O. The minimum absolute atomic E-state index is 0.392. The number of benzene rings is 1. The summed E-state index contributed by atoms with van der Waals surface area (Å²) < 4.78 is 0. The van der Waals surface area contributed by atoms with Crippen molar-refractivity contribution in [2.24, 2.45) is 5.73 Å².